The van der Waals surface area contributed by atoms with E-state index in [1.807, 2.05) is 0 Å². The maximum absolute atomic E-state index is 12.2. The minimum atomic E-state index is -0.257. The van der Waals surface area contributed by atoms with Crippen molar-refractivity contribution in [1.82, 2.24) is 0 Å². The monoisotopic (exact) mass is 623 g/mol. The molecule has 0 amide bonds. The summed E-state index contributed by atoms with van der Waals surface area (Å²) in [5, 5.41) is 10.2. The van der Waals surface area contributed by atoms with Crippen molar-refractivity contribution in [2.45, 2.75) is 245 Å². The summed E-state index contributed by atoms with van der Waals surface area (Å²) in [6.07, 6.45) is 43.3. The molecule has 1 N–H and O–H groups in total. The summed E-state index contributed by atoms with van der Waals surface area (Å²) in [7, 11) is 0. The smallest absolute Gasteiger partial charge is 0.305 e. The van der Waals surface area contributed by atoms with Crippen molar-refractivity contribution in [3.05, 3.63) is 0 Å². The van der Waals surface area contributed by atoms with Crippen molar-refractivity contribution < 1.29 is 14.6 Å². The third-order valence-corrected chi connectivity index (χ3v) is 9.76. The van der Waals surface area contributed by atoms with Gasteiger partial charge in [-0.15, -0.1) is 0 Å². The maximum Gasteiger partial charge on any atom is 0.305 e. The second kappa shape index (κ2) is 36.9. The topological polar surface area (TPSA) is 46.5 Å². The van der Waals surface area contributed by atoms with Crippen LogP contribution in [0.5, 0.6) is 0 Å². The van der Waals surface area contributed by atoms with E-state index in [0.717, 1.165) is 38.0 Å². The van der Waals surface area contributed by atoms with Gasteiger partial charge in [-0.05, 0) is 38.0 Å². The third kappa shape index (κ3) is 34.3. The average molecular weight is 623 g/mol. The number of hydrogen-bond acceptors (Lipinski definition) is 3. The lowest BCUT2D eigenvalue weighted by molar-refractivity contribution is -0.144. The molecule has 3 heteroatoms. The van der Waals surface area contributed by atoms with E-state index in [1.165, 1.54) is 180 Å². The molecule has 0 bridgehead atoms. The first-order valence-electron chi connectivity index (χ1n) is 20.5. The van der Waals surface area contributed by atoms with Crippen LogP contribution in [-0.2, 0) is 9.53 Å². The first kappa shape index (κ1) is 43.4. The van der Waals surface area contributed by atoms with E-state index >= 15 is 0 Å². The summed E-state index contributed by atoms with van der Waals surface area (Å²) in [6, 6.07) is 0. The van der Waals surface area contributed by atoms with Crippen molar-refractivity contribution in [1.29, 1.82) is 0 Å². The number of carbonyl (C=O) groups is 1. The van der Waals surface area contributed by atoms with Crippen molar-refractivity contribution in [3.8, 4) is 0 Å². The minimum Gasteiger partial charge on any atom is -0.466 e. The van der Waals surface area contributed by atoms with Gasteiger partial charge in [-0.2, -0.15) is 0 Å². The minimum absolute atomic E-state index is 0.0765. The normalized spacial score (nSPS) is 12.3. The molecule has 44 heavy (non-hydrogen) atoms. The summed E-state index contributed by atoms with van der Waals surface area (Å²) in [4.78, 5) is 12.2. The fourth-order valence-corrected chi connectivity index (χ4v) is 6.68. The van der Waals surface area contributed by atoms with E-state index in [2.05, 4.69) is 20.8 Å². The Labute approximate surface area is 277 Å². The predicted octanol–water partition coefficient (Wildman–Crippen LogP) is 13.8. The Morgan fingerprint density at radius 1 is 0.432 bits per heavy atom. The molecule has 0 aliphatic carbocycles. The maximum atomic E-state index is 12.2. The SMILES string of the molecule is CCCCCCCCCCCCC(CCCCCCCCCCCC)CCCCOC(=O)CCCC(O)CCCCCCC. The van der Waals surface area contributed by atoms with Gasteiger partial charge in [-0.3, -0.25) is 4.79 Å². The van der Waals surface area contributed by atoms with E-state index in [9.17, 15) is 9.90 Å². The molecule has 0 aromatic carbocycles. The number of ether oxygens (including phenoxy) is 1. The van der Waals surface area contributed by atoms with E-state index in [1.54, 1.807) is 0 Å². The van der Waals surface area contributed by atoms with E-state index in [4.69, 9.17) is 4.74 Å². The van der Waals surface area contributed by atoms with Gasteiger partial charge in [0, 0.05) is 6.42 Å². The van der Waals surface area contributed by atoms with Crippen LogP contribution in [0.4, 0.5) is 0 Å². The second-order valence-electron chi connectivity index (χ2n) is 14.3. The Balaban J connectivity index is 4.04. The average Bonchev–Trinajstić information content (AvgIpc) is 3.02. The summed E-state index contributed by atoms with van der Waals surface area (Å²) in [6.45, 7) is 7.39. The van der Waals surface area contributed by atoms with Gasteiger partial charge in [0.25, 0.3) is 0 Å². The van der Waals surface area contributed by atoms with E-state index in [-0.39, 0.29) is 12.1 Å². The van der Waals surface area contributed by atoms with Crippen LogP contribution in [0.1, 0.15) is 239 Å². The highest BCUT2D eigenvalue weighted by Gasteiger charge is 2.11. The van der Waals surface area contributed by atoms with Crippen molar-refractivity contribution >= 4 is 5.97 Å². The van der Waals surface area contributed by atoms with Crippen LogP contribution < -0.4 is 0 Å². The highest BCUT2D eigenvalue weighted by molar-refractivity contribution is 5.69. The van der Waals surface area contributed by atoms with Crippen LogP contribution in [0.2, 0.25) is 0 Å². The Bertz CT molecular complexity index is 524. The van der Waals surface area contributed by atoms with Gasteiger partial charge < -0.3 is 9.84 Å². The molecule has 0 aromatic rings. The van der Waals surface area contributed by atoms with Gasteiger partial charge >= 0.3 is 5.97 Å². The zero-order valence-corrected chi connectivity index (χ0v) is 30.7. The molecule has 0 heterocycles. The predicted molar refractivity (Wildman–Crippen MR) is 194 cm³/mol. The molecule has 1 atom stereocenters. The Hall–Kier alpha value is -0.570. The lowest BCUT2D eigenvalue weighted by atomic mass is 9.90. The lowest BCUT2D eigenvalue weighted by Crippen LogP contribution is -2.10. The van der Waals surface area contributed by atoms with Gasteiger partial charge in [0.1, 0.15) is 0 Å². The van der Waals surface area contributed by atoms with Gasteiger partial charge in [0.15, 0.2) is 0 Å². The zero-order valence-electron chi connectivity index (χ0n) is 30.7. The number of hydrogen-bond donors (Lipinski definition) is 1. The fraction of sp³-hybridized carbons (Fsp3) is 0.976. The lowest BCUT2D eigenvalue weighted by Gasteiger charge is -2.17. The Morgan fingerprint density at radius 2 is 0.750 bits per heavy atom. The van der Waals surface area contributed by atoms with E-state index in [0.29, 0.717) is 13.0 Å². The highest BCUT2D eigenvalue weighted by Crippen LogP contribution is 2.24. The number of aliphatic hydroxyl groups excluding tert-OH is 1. The van der Waals surface area contributed by atoms with Gasteiger partial charge in [0.05, 0.1) is 12.7 Å². The summed E-state index contributed by atoms with van der Waals surface area (Å²) in [5.74, 6) is 0.782. The quantitative estimate of drug-likeness (QED) is 0.0554. The molecule has 0 spiro atoms. The van der Waals surface area contributed by atoms with Crippen LogP contribution >= 0.6 is 0 Å². The van der Waals surface area contributed by atoms with Crippen molar-refractivity contribution in [2.24, 2.45) is 5.92 Å². The van der Waals surface area contributed by atoms with Crippen LogP contribution in [0.25, 0.3) is 0 Å². The number of unbranched alkanes of at least 4 members (excludes halogenated alkanes) is 23. The molecule has 1 unspecified atom stereocenters. The van der Waals surface area contributed by atoms with E-state index < -0.39 is 0 Å². The van der Waals surface area contributed by atoms with Crippen LogP contribution in [-0.4, -0.2) is 23.8 Å². The molecular formula is C41H82O3. The molecule has 0 saturated carbocycles. The largest absolute Gasteiger partial charge is 0.466 e. The standard InChI is InChI=1S/C41H82O3/c1-4-7-10-13-15-17-19-21-24-26-32-39(33-27-25-22-20-18-16-14-11-8-5-2)34-29-30-38-44-41(43)37-31-36-40(42)35-28-23-12-9-6-3/h39-40,42H,4-38H2,1-3H3. The zero-order chi connectivity index (χ0) is 32.2. The molecule has 0 aliphatic rings. The Kier molecular flexibility index (Phi) is 36.4. The van der Waals surface area contributed by atoms with Crippen molar-refractivity contribution in [3.63, 3.8) is 0 Å². The van der Waals surface area contributed by atoms with Gasteiger partial charge in [-0.25, -0.2) is 0 Å². The summed E-state index contributed by atoms with van der Waals surface area (Å²) < 4.78 is 5.54. The number of rotatable bonds is 37. The van der Waals surface area contributed by atoms with Crippen LogP contribution in [0.3, 0.4) is 0 Å². The summed E-state index contributed by atoms with van der Waals surface area (Å²) >= 11 is 0. The Morgan fingerprint density at radius 3 is 1.16 bits per heavy atom. The fourth-order valence-electron chi connectivity index (χ4n) is 6.68. The second-order valence-corrected chi connectivity index (χ2v) is 14.3. The molecule has 0 radical (unpaired) electrons. The number of esters is 1. The molecule has 264 valence electrons. The molecule has 0 aromatic heterocycles. The van der Waals surface area contributed by atoms with Gasteiger partial charge in [-0.1, -0.05) is 201 Å². The van der Waals surface area contributed by atoms with Gasteiger partial charge in [0.2, 0.25) is 0 Å². The van der Waals surface area contributed by atoms with Crippen LogP contribution in [0.15, 0.2) is 0 Å². The highest BCUT2D eigenvalue weighted by atomic mass is 16.5. The molecule has 0 rings (SSSR count). The number of carbonyl (C=O) groups excluding carboxylic acids is 1. The third-order valence-electron chi connectivity index (χ3n) is 9.76. The first-order chi connectivity index (χ1) is 21.6. The molecule has 0 saturated heterocycles. The van der Waals surface area contributed by atoms with Crippen molar-refractivity contribution in [2.75, 3.05) is 6.61 Å². The molecular weight excluding hydrogens is 540 g/mol. The van der Waals surface area contributed by atoms with Crippen LogP contribution in [0, 0.1) is 5.92 Å². The molecule has 3 nitrogen and oxygen atoms in total. The summed E-state index contributed by atoms with van der Waals surface area (Å²) in [5.41, 5.74) is 0. The molecule has 0 fully saturated rings. The first-order valence-corrected chi connectivity index (χ1v) is 20.5. The molecule has 0 aliphatic heterocycles. The number of aliphatic hydroxyl groups is 1.